The summed E-state index contributed by atoms with van der Waals surface area (Å²) in [5.41, 5.74) is 5.11. The van der Waals surface area contributed by atoms with Crippen LogP contribution in [-0.2, 0) is 9.59 Å². The van der Waals surface area contributed by atoms with Gasteiger partial charge in [0.15, 0.2) is 0 Å². The van der Waals surface area contributed by atoms with Crippen LogP contribution in [0.25, 0.3) is 0 Å². The zero-order valence-electron chi connectivity index (χ0n) is 10.5. The summed E-state index contributed by atoms with van der Waals surface area (Å²) in [6, 6.07) is 0.255. The molecule has 0 saturated heterocycles. The quantitative estimate of drug-likeness (QED) is 0.620. The van der Waals surface area contributed by atoms with Gasteiger partial charge in [0.25, 0.3) is 0 Å². The van der Waals surface area contributed by atoms with Gasteiger partial charge in [0.2, 0.25) is 11.8 Å². The monoisotopic (exact) mass is 229 g/mol. The molecule has 0 fully saturated rings. The highest BCUT2D eigenvalue weighted by Crippen LogP contribution is 1.95. The maximum absolute atomic E-state index is 11.7. The number of carbonyl (C=O) groups excluding carboxylic acids is 2. The van der Waals surface area contributed by atoms with Crippen molar-refractivity contribution in [2.45, 2.75) is 39.7 Å². The third-order valence-corrected chi connectivity index (χ3v) is 2.14. The molecule has 16 heavy (non-hydrogen) atoms. The first-order chi connectivity index (χ1) is 7.47. The average molecular weight is 229 g/mol. The number of carbonyl (C=O) groups is 2. The molecule has 0 atom stereocenters. The lowest BCUT2D eigenvalue weighted by Gasteiger charge is -2.21. The van der Waals surface area contributed by atoms with Crippen molar-refractivity contribution in [1.29, 1.82) is 0 Å². The molecule has 0 aliphatic rings. The van der Waals surface area contributed by atoms with Crippen LogP contribution in [0.1, 0.15) is 33.6 Å². The van der Waals surface area contributed by atoms with Gasteiger partial charge in [-0.3, -0.25) is 9.59 Å². The summed E-state index contributed by atoms with van der Waals surface area (Å²) in [5.74, 6) is -0.532. The van der Waals surface area contributed by atoms with Crippen LogP contribution in [0.5, 0.6) is 0 Å². The Bertz CT molecular complexity index is 229. The van der Waals surface area contributed by atoms with E-state index in [1.54, 1.807) is 0 Å². The number of rotatable bonds is 8. The molecule has 0 aromatic carbocycles. The van der Waals surface area contributed by atoms with Crippen LogP contribution in [0.3, 0.4) is 0 Å². The molecule has 2 amide bonds. The summed E-state index contributed by atoms with van der Waals surface area (Å²) in [7, 11) is 0. The number of nitrogens with one attached hydrogen (secondary N) is 1. The number of nitrogens with zero attached hydrogens (tertiary/aromatic N) is 1. The van der Waals surface area contributed by atoms with Gasteiger partial charge in [-0.2, -0.15) is 0 Å². The molecule has 0 aromatic heterocycles. The highest BCUT2D eigenvalue weighted by atomic mass is 16.2. The average Bonchev–Trinajstić information content (AvgIpc) is 2.20. The standard InChI is InChI=1S/C11H23N3O2/c1-4-5-6-14(8-10(12)15)11(16)7-13-9(2)3/h9,13H,4-8H2,1-3H3,(H2,12,15). The van der Waals surface area contributed by atoms with E-state index < -0.39 is 5.91 Å². The molecular weight excluding hydrogens is 206 g/mol. The molecule has 5 nitrogen and oxygen atoms in total. The van der Waals surface area contributed by atoms with Crippen molar-refractivity contribution >= 4 is 11.8 Å². The van der Waals surface area contributed by atoms with Gasteiger partial charge in [0, 0.05) is 12.6 Å². The van der Waals surface area contributed by atoms with Crippen LogP contribution >= 0.6 is 0 Å². The van der Waals surface area contributed by atoms with E-state index in [2.05, 4.69) is 5.32 Å². The number of amides is 2. The minimum Gasteiger partial charge on any atom is -0.368 e. The highest BCUT2D eigenvalue weighted by Gasteiger charge is 2.14. The van der Waals surface area contributed by atoms with Crippen LogP contribution in [0.2, 0.25) is 0 Å². The lowest BCUT2D eigenvalue weighted by atomic mass is 10.3. The van der Waals surface area contributed by atoms with Crippen LogP contribution in [-0.4, -0.2) is 42.4 Å². The zero-order chi connectivity index (χ0) is 12.6. The summed E-state index contributed by atoms with van der Waals surface area (Å²) in [4.78, 5) is 24.1. The largest absolute Gasteiger partial charge is 0.368 e. The van der Waals surface area contributed by atoms with Gasteiger partial charge in [0.1, 0.15) is 0 Å². The Labute approximate surface area is 97.4 Å². The van der Waals surface area contributed by atoms with Gasteiger partial charge in [0.05, 0.1) is 13.1 Å². The van der Waals surface area contributed by atoms with Gasteiger partial charge >= 0.3 is 0 Å². The van der Waals surface area contributed by atoms with E-state index in [4.69, 9.17) is 5.73 Å². The molecule has 0 aliphatic carbocycles. The topological polar surface area (TPSA) is 75.4 Å². The van der Waals surface area contributed by atoms with Crippen molar-refractivity contribution in [3.05, 3.63) is 0 Å². The van der Waals surface area contributed by atoms with E-state index >= 15 is 0 Å². The zero-order valence-corrected chi connectivity index (χ0v) is 10.5. The first-order valence-corrected chi connectivity index (χ1v) is 5.76. The van der Waals surface area contributed by atoms with Gasteiger partial charge in [-0.05, 0) is 6.42 Å². The summed E-state index contributed by atoms with van der Waals surface area (Å²) >= 11 is 0. The summed E-state index contributed by atoms with van der Waals surface area (Å²) in [6.45, 7) is 6.85. The predicted molar refractivity (Wildman–Crippen MR) is 63.8 cm³/mol. The Hall–Kier alpha value is -1.10. The molecule has 0 spiro atoms. The third kappa shape index (κ3) is 7.23. The lowest BCUT2D eigenvalue weighted by molar-refractivity contribution is -0.134. The molecule has 0 heterocycles. The molecule has 0 bridgehead atoms. The maximum Gasteiger partial charge on any atom is 0.237 e. The molecule has 5 heteroatoms. The first kappa shape index (κ1) is 14.9. The third-order valence-electron chi connectivity index (χ3n) is 2.14. The highest BCUT2D eigenvalue weighted by molar-refractivity contribution is 5.84. The van der Waals surface area contributed by atoms with Crippen molar-refractivity contribution < 1.29 is 9.59 Å². The van der Waals surface area contributed by atoms with Crippen molar-refractivity contribution in [3.63, 3.8) is 0 Å². The Morgan fingerprint density at radius 3 is 2.44 bits per heavy atom. The van der Waals surface area contributed by atoms with E-state index in [0.29, 0.717) is 6.54 Å². The second kappa shape index (κ2) is 8.10. The van der Waals surface area contributed by atoms with Crippen molar-refractivity contribution in [2.24, 2.45) is 5.73 Å². The minimum atomic E-state index is -0.464. The van der Waals surface area contributed by atoms with Crippen molar-refractivity contribution in [1.82, 2.24) is 10.2 Å². The van der Waals surface area contributed by atoms with Crippen molar-refractivity contribution in [2.75, 3.05) is 19.6 Å². The molecule has 0 radical (unpaired) electrons. The SMILES string of the molecule is CCCCN(CC(N)=O)C(=O)CNC(C)C. The number of primary amides is 1. The molecule has 0 saturated carbocycles. The fraction of sp³-hybridized carbons (Fsp3) is 0.818. The van der Waals surface area contributed by atoms with E-state index in [-0.39, 0.29) is 25.0 Å². The molecule has 3 N–H and O–H groups in total. The molecule has 0 aromatic rings. The van der Waals surface area contributed by atoms with Crippen LogP contribution in [0, 0.1) is 0 Å². The van der Waals surface area contributed by atoms with E-state index in [0.717, 1.165) is 12.8 Å². The Balaban J connectivity index is 4.14. The van der Waals surface area contributed by atoms with Crippen LogP contribution < -0.4 is 11.1 Å². The van der Waals surface area contributed by atoms with Gasteiger partial charge < -0.3 is 16.0 Å². The summed E-state index contributed by atoms with van der Waals surface area (Å²) in [6.07, 6.45) is 1.88. The fourth-order valence-corrected chi connectivity index (χ4v) is 1.23. The number of nitrogens with two attached hydrogens (primary N) is 1. The lowest BCUT2D eigenvalue weighted by Crippen LogP contribution is -2.44. The molecule has 0 unspecified atom stereocenters. The Kier molecular flexibility index (Phi) is 7.54. The molecule has 0 aliphatic heterocycles. The minimum absolute atomic E-state index is 0.0125. The maximum atomic E-state index is 11.7. The predicted octanol–water partition coefficient (Wildman–Crippen LogP) is 0.0984. The van der Waals surface area contributed by atoms with Gasteiger partial charge in [-0.1, -0.05) is 27.2 Å². The van der Waals surface area contributed by atoms with Gasteiger partial charge in [-0.25, -0.2) is 0 Å². The second-order valence-electron chi connectivity index (χ2n) is 4.17. The van der Waals surface area contributed by atoms with E-state index in [9.17, 15) is 9.59 Å². The van der Waals surface area contributed by atoms with Crippen molar-refractivity contribution in [3.8, 4) is 0 Å². The Morgan fingerprint density at radius 2 is 2.00 bits per heavy atom. The molecule has 0 rings (SSSR count). The number of hydrogen-bond donors (Lipinski definition) is 2. The van der Waals surface area contributed by atoms with Crippen LogP contribution in [0.15, 0.2) is 0 Å². The van der Waals surface area contributed by atoms with Gasteiger partial charge in [-0.15, -0.1) is 0 Å². The molecule has 94 valence electrons. The fourth-order valence-electron chi connectivity index (χ4n) is 1.23. The number of unbranched alkanes of at least 4 members (excludes halogenated alkanes) is 1. The smallest absolute Gasteiger partial charge is 0.237 e. The van der Waals surface area contributed by atoms with E-state index in [1.807, 2.05) is 20.8 Å². The number of hydrogen-bond acceptors (Lipinski definition) is 3. The molecular formula is C11H23N3O2. The second-order valence-corrected chi connectivity index (χ2v) is 4.17. The Morgan fingerprint density at radius 1 is 1.38 bits per heavy atom. The normalized spacial score (nSPS) is 10.5. The first-order valence-electron chi connectivity index (χ1n) is 5.76. The summed E-state index contributed by atoms with van der Waals surface area (Å²) < 4.78 is 0. The van der Waals surface area contributed by atoms with E-state index in [1.165, 1.54) is 4.90 Å². The van der Waals surface area contributed by atoms with Crippen LogP contribution in [0.4, 0.5) is 0 Å². The summed E-state index contributed by atoms with van der Waals surface area (Å²) in [5, 5.41) is 3.03.